The van der Waals surface area contributed by atoms with E-state index in [-0.39, 0.29) is 0 Å². The maximum Gasteiger partial charge on any atom is 0.0844 e. The number of hydrogen-bond acceptors (Lipinski definition) is 3. The molecule has 5 heteroatoms. The first-order chi connectivity index (χ1) is 14.6. The molecule has 8 bridgehead atoms. The molecule has 0 fully saturated rings. The summed E-state index contributed by atoms with van der Waals surface area (Å²) in [6.45, 7) is 5.97. The van der Waals surface area contributed by atoms with Crippen LogP contribution in [0.5, 0.6) is 0 Å². The fraction of sp³-hybridized carbons (Fsp3) is 0.0833. The van der Waals surface area contributed by atoms with E-state index < -0.39 is 0 Å². The van der Waals surface area contributed by atoms with Gasteiger partial charge in [0.25, 0.3) is 0 Å². The van der Waals surface area contributed by atoms with Crippen molar-refractivity contribution < 1.29 is 6.11 Å². The van der Waals surface area contributed by atoms with Crippen molar-refractivity contribution in [3.05, 3.63) is 84.1 Å². The smallest absolute Gasteiger partial charge is 0.0844 e. The number of aromatic amines is 2. The summed E-state index contributed by atoms with van der Waals surface area (Å²) >= 11 is 0. The SMILES string of the molecule is C=COCC.[2H]c1cc2cc3nc(cc4ccc(cc5nc(cc1[nH]2)C=C5)[nH]4)C=C3. The van der Waals surface area contributed by atoms with Gasteiger partial charge in [-0.3, -0.25) is 0 Å². The fourth-order valence-corrected chi connectivity index (χ4v) is 2.99. The molecule has 0 aliphatic carbocycles. The molecule has 0 amide bonds. The molecule has 0 aromatic carbocycles. The quantitative estimate of drug-likeness (QED) is 0.377. The summed E-state index contributed by atoms with van der Waals surface area (Å²) in [5, 5.41) is 0. The summed E-state index contributed by atoms with van der Waals surface area (Å²) < 4.78 is 12.7. The van der Waals surface area contributed by atoms with Crippen LogP contribution in [0.25, 0.3) is 46.4 Å². The highest BCUT2D eigenvalue weighted by atomic mass is 16.5. The lowest BCUT2D eigenvalue weighted by Crippen LogP contribution is -1.75. The van der Waals surface area contributed by atoms with E-state index in [0.29, 0.717) is 6.04 Å². The average molecular weight is 383 g/mol. The number of rotatable bonds is 2. The summed E-state index contributed by atoms with van der Waals surface area (Å²) in [7, 11) is 0. The van der Waals surface area contributed by atoms with Crippen LogP contribution in [0.15, 0.2) is 61.3 Å². The molecule has 0 saturated carbocycles. The number of nitrogens with zero attached hydrogens (tertiary/aromatic N) is 2. The van der Waals surface area contributed by atoms with Crippen LogP contribution in [0.2, 0.25) is 0 Å². The van der Waals surface area contributed by atoms with Crippen LogP contribution in [0.1, 0.15) is 31.1 Å². The fourth-order valence-electron chi connectivity index (χ4n) is 2.99. The summed E-state index contributed by atoms with van der Waals surface area (Å²) in [4.78, 5) is 15.8. The van der Waals surface area contributed by atoms with E-state index in [1.807, 2.05) is 67.6 Å². The Kier molecular flexibility index (Phi) is 5.02. The van der Waals surface area contributed by atoms with Crippen LogP contribution in [0, 0.1) is 0 Å². The van der Waals surface area contributed by atoms with Gasteiger partial charge in [0, 0.05) is 22.1 Å². The van der Waals surface area contributed by atoms with Gasteiger partial charge in [-0.15, -0.1) is 0 Å². The molecule has 0 atom stereocenters. The molecular weight excluding hydrogens is 360 g/mol. The molecule has 2 N–H and O–H groups in total. The summed E-state index contributed by atoms with van der Waals surface area (Å²) in [6.07, 6.45) is 9.31. The third-order valence-electron chi connectivity index (χ3n) is 4.25. The molecule has 2 aliphatic rings. The highest BCUT2D eigenvalue weighted by Gasteiger charge is 2.01. The molecule has 3 aromatic rings. The molecule has 144 valence electrons. The van der Waals surface area contributed by atoms with Crippen LogP contribution < -0.4 is 0 Å². The number of H-pyrrole nitrogens is 2. The molecule has 5 rings (SSSR count). The number of nitrogens with one attached hydrogen (secondary N) is 2. The molecule has 5 heterocycles. The summed E-state index contributed by atoms with van der Waals surface area (Å²) in [6, 6.07) is 14.1. The van der Waals surface area contributed by atoms with Crippen LogP contribution in [-0.2, 0) is 4.74 Å². The largest absolute Gasteiger partial charge is 0.502 e. The lowest BCUT2D eigenvalue weighted by molar-refractivity contribution is 0.270. The first kappa shape index (κ1) is 17.3. The second-order valence-electron chi connectivity index (χ2n) is 6.44. The topological polar surface area (TPSA) is 66.6 Å². The van der Waals surface area contributed by atoms with Gasteiger partial charge >= 0.3 is 0 Å². The molecule has 0 radical (unpaired) electrons. The molecule has 0 unspecified atom stereocenters. The Morgan fingerprint density at radius 3 is 1.72 bits per heavy atom. The Morgan fingerprint density at radius 2 is 1.28 bits per heavy atom. The van der Waals surface area contributed by atoms with Crippen molar-refractivity contribution in [3.63, 3.8) is 0 Å². The summed E-state index contributed by atoms with van der Waals surface area (Å²) in [5.41, 5.74) is 7.04. The zero-order valence-electron chi connectivity index (χ0n) is 17.1. The van der Waals surface area contributed by atoms with E-state index >= 15 is 0 Å². The van der Waals surface area contributed by atoms with Crippen molar-refractivity contribution in [2.45, 2.75) is 6.92 Å². The van der Waals surface area contributed by atoms with Gasteiger partial charge in [0.1, 0.15) is 0 Å². The predicted molar refractivity (Wildman–Crippen MR) is 121 cm³/mol. The van der Waals surface area contributed by atoms with E-state index in [4.69, 9.17) is 1.37 Å². The maximum absolute atomic E-state index is 8.14. The van der Waals surface area contributed by atoms with E-state index in [9.17, 15) is 0 Å². The molecular formula is C24H22N4O. The zero-order valence-corrected chi connectivity index (χ0v) is 16.1. The minimum atomic E-state index is 0.441. The van der Waals surface area contributed by atoms with Gasteiger partial charge in [-0.25, -0.2) is 9.97 Å². The number of aromatic nitrogens is 4. The van der Waals surface area contributed by atoms with Crippen molar-refractivity contribution in [3.8, 4) is 0 Å². The van der Waals surface area contributed by atoms with E-state index in [1.165, 1.54) is 6.26 Å². The highest BCUT2D eigenvalue weighted by Crippen LogP contribution is 2.16. The first-order valence-electron chi connectivity index (χ1n) is 9.90. The van der Waals surface area contributed by atoms with Gasteiger partial charge in [0.05, 0.1) is 37.0 Å². The maximum atomic E-state index is 8.14. The summed E-state index contributed by atoms with van der Waals surface area (Å²) in [5.74, 6) is 0. The van der Waals surface area contributed by atoms with E-state index in [2.05, 4.69) is 31.3 Å². The third kappa shape index (κ3) is 4.71. The molecule has 5 nitrogen and oxygen atoms in total. The molecule has 0 saturated heterocycles. The minimum Gasteiger partial charge on any atom is -0.502 e. The molecule has 3 aromatic heterocycles. The standard InChI is InChI=1S/C20H14N4.C4H8O/c1-2-14-10-16-5-6-18(23-16)12-20-8-7-19(24-20)11-17-4-3-15(22-17)9-13(1)21-14;1-3-5-4-2/h1-12,21,24H;3H,1,4H2,2H3/i1D;. The van der Waals surface area contributed by atoms with Crippen molar-refractivity contribution >= 4 is 46.4 Å². The Morgan fingerprint density at radius 1 is 0.828 bits per heavy atom. The van der Waals surface area contributed by atoms with Gasteiger partial charge in [0.2, 0.25) is 0 Å². The third-order valence-corrected chi connectivity index (χ3v) is 4.25. The second kappa shape index (κ2) is 8.44. The van der Waals surface area contributed by atoms with Gasteiger partial charge in [0.15, 0.2) is 0 Å². The van der Waals surface area contributed by atoms with Crippen molar-refractivity contribution in [2.24, 2.45) is 0 Å². The second-order valence-corrected chi connectivity index (χ2v) is 6.44. The Hall–Kier alpha value is -3.86. The monoisotopic (exact) mass is 383 g/mol. The zero-order chi connectivity index (χ0) is 20.9. The predicted octanol–water partition coefficient (Wildman–Crippen LogP) is 5.82. The Bertz CT molecular complexity index is 1300. The Labute approximate surface area is 170 Å². The van der Waals surface area contributed by atoms with Crippen LogP contribution >= 0.6 is 0 Å². The van der Waals surface area contributed by atoms with E-state index in [1.54, 1.807) is 6.07 Å². The molecule has 29 heavy (non-hydrogen) atoms. The van der Waals surface area contributed by atoms with Crippen molar-refractivity contribution in [2.75, 3.05) is 6.61 Å². The lowest BCUT2D eigenvalue weighted by Gasteiger charge is -1.85. The first-order valence-corrected chi connectivity index (χ1v) is 9.40. The number of hydrogen-bond donors (Lipinski definition) is 2. The minimum absolute atomic E-state index is 0.441. The lowest BCUT2D eigenvalue weighted by atomic mass is 10.3. The molecule has 2 aliphatic heterocycles. The van der Waals surface area contributed by atoms with Crippen LogP contribution in [-0.4, -0.2) is 26.5 Å². The van der Waals surface area contributed by atoms with Gasteiger partial charge in [-0.2, -0.15) is 0 Å². The average Bonchev–Trinajstić information content (AvgIpc) is 3.49. The molecule has 0 spiro atoms. The van der Waals surface area contributed by atoms with Gasteiger partial charge in [-0.05, 0) is 79.7 Å². The van der Waals surface area contributed by atoms with Crippen molar-refractivity contribution in [1.29, 1.82) is 0 Å². The number of ether oxygens (including phenoxy) is 1. The van der Waals surface area contributed by atoms with Crippen LogP contribution in [0.4, 0.5) is 0 Å². The van der Waals surface area contributed by atoms with Gasteiger partial charge in [-0.1, -0.05) is 6.58 Å². The van der Waals surface area contributed by atoms with E-state index in [0.717, 1.165) is 51.4 Å². The Balaban J connectivity index is 0.000000393. The van der Waals surface area contributed by atoms with Crippen molar-refractivity contribution in [1.82, 2.24) is 19.9 Å². The van der Waals surface area contributed by atoms with Crippen LogP contribution in [0.3, 0.4) is 0 Å². The normalized spacial score (nSPS) is 12.1. The van der Waals surface area contributed by atoms with Gasteiger partial charge < -0.3 is 14.7 Å². The highest BCUT2D eigenvalue weighted by molar-refractivity contribution is 5.77. The number of fused-ring (bicyclic) bond motifs is 8.